The fourth-order valence-electron chi connectivity index (χ4n) is 1.72. The predicted octanol–water partition coefficient (Wildman–Crippen LogP) is 2.72. The third-order valence-electron chi connectivity index (χ3n) is 2.85. The summed E-state index contributed by atoms with van der Waals surface area (Å²) < 4.78 is 32.0. The highest BCUT2D eigenvalue weighted by molar-refractivity contribution is 5.32. The van der Waals surface area contributed by atoms with Crippen LogP contribution in [0.1, 0.15) is 5.56 Å². The number of hydrogen-bond acceptors (Lipinski definition) is 3. The van der Waals surface area contributed by atoms with Gasteiger partial charge < -0.3 is 10.5 Å². The lowest BCUT2D eigenvalue weighted by molar-refractivity contribution is 0.234. The highest BCUT2D eigenvalue weighted by Gasteiger charge is 2.29. The maximum atomic E-state index is 13.4. The summed E-state index contributed by atoms with van der Waals surface area (Å²) in [4.78, 5) is 0. The van der Waals surface area contributed by atoms with E-state index in [1.807, 2.05) is 6.07 Å². The molecule has 0 aromatic heterocycles. The molecule has 0 aliphatic heterocycles. The molecule has 2 aromatic carbocycles. The van der Waals surface area contributed by atoms with Gasteiger partial charge in [0.1, 0.15) is 6.61 Å². The summed E-state index contributed by atoms with van der Waals surface area (Å²) in [7, 11) is 0. The van der Waals surface area contributed by atoms with Crippen LogP contribution in [0, 0.1) is 23.0 Å². The highest BCUT2D eigenvalue weighted by atomic mass is 19.1. The zero-order chi connectivity index (χ0) is 14.6. The molecule has 1 atom stereocenters. The number of para-hydroxylation sites is 1. The summed E-state index contributed by atoms with van der Waals surface area (Å²) >= 11 is 0. The van der Waals surface area contributed by atoms with Crippen LogP contribution in [0.15, 0.2) is 48.5 Å². The first-order valence-corrected chi connectivity index (χ1v) is 5.89. The van der Waals surface area contributed by atoms with Crippen molar-refractivity contribution in [2.75, 3.05) is 6.61 Å². The molecule has 0 spiro atoms. The predicted molar refractivity (Wildman–Crippen MR) is 69.8 cm³/mol. The van der Waals surface area contributed by atoms with Gasteiger partial charge in [-0.25, -0.2) is 8.78 Å². The Labute approximate surface area is 115 Å². The molecular formula is C15H12F2N2O. The van der Waals surface area contributed by atoms with Crippen molar-refractivity contribution in [3.05, 3.63) is 65.7 Å². The topological polar surface area (TPSA) is 59.0 Å². The summed E-state index contributed by atoms with van der Waals surface area (Å²) in [5, 5.41) is 9.21. The average molecular weight is 274 g/mol. The molecule has 2 N–H and O–H groups in total. The molecule has 20 heavy (non-hydrogen) atoms. The molecule has 0 aliphatic carbocycles. The molecule has 0 radical (unpaired) electrons. The minimum absolute atomic E-state index is 0.356. The maximum Gasteiger partial charge on any atom is 0.190 e. The number of nitrogens with zero attached hydrogens (tertiary/aromatic N) is 1. The van der Waals surface area contributed by atoms with Crippen molar-refractivity contribution in [1.29, 1.82) is 5.26 Å². The normalized spacial score (nSPS) is 13.3. The maximum absolute atomic E-state index is 13.4. The van der Waals surface area contributed by atoms with Crippen LogP contribution in [0.5, 0.6) is 5.75 Å². The van der Waals surface area contributed by atoms with E-state index in [0.717, 1.165) is 12.1 Å². The van der Waals surface area contributed by atoms with E-state index in [2.05, 4.69) is 0 Å². The Bertz CT molecular complexity index is 620. The zero-order valence-corrected chi connectivity index (χ0v) is 10.5. The molecule has 5 heteroatoms. The lowest BCUT2D eigenvalue weighted by Crippen LogP contribution is -2.41. The van der Waals surface area contributed by atoms with Crippen LogP contribution in [0.3, 0.4) is 0 Å². The molecule has 1 unspecified atom stereocenters. The van der Waals surface area contributed by atoms with Crippen molar-refractivity contribution < 1.29 is 13.5 Å². The molecule has 0 saturated heterocycles. The van der Waals surface area contributed by atoms with Crippen molar-refractivity contribution in [3.8, 4) is 11.8 Å². The second-order valence-electron chi connectivity index (χ2n) is 4.29. The van der Waals surface area contributed by atoms with Gasteiger partial charge in [0, 0.05) is 0 Å². The number of benzene rings is 2. The zero-order valence-electron chi connectivity index (χ0n) is 10.5. The molecule has 3 nitrogen and oxygen atoms in total. The van der Waals surface area contributed by atoms with Crippen LogP contribution < -0.4 is 10.5 Å². The van der Waals surface area contributed by atoms with E-state index in [4.69, 9.17) is 10.5 Å². The highest BCUT2D eigenvalue weighted by Crippen LogP contribution is 2.24. The van der Waals surface area contributed by atoms with Gasteiger partial charge >= 0.3 is 0 Å². The SMILES string of the molecule is N#CC(N)(COc1c(F)cccc1F)c1ccccc1. The van der Waals surface area contributed by atoms with Gasteiger partial charge in [0.25, 0.3) is 0 Å². The quantitative estimate of drug-likeness (QED) is 0.932. The standard InChI is InChI=1S/C15H12F2N2O/c16-12-7-4-8-13(17)14(12)20-10-15(19,9-18)11-5-2-1-3-6-11/h1-8H,10,19H2. The van der Waals surface area contributed by atoms with Gasteiger partial charge in [-0.2, -0.15) is 5.26 Å². The Morgan fingerprint density at radius 1 is 1.05 bits per heavy atom. The van der Waals surface area contributed by atoms with E-state index in [1.54, 1.807) is 30.3 Å². The number of halogens is 2. The van der Waals surface area contributed by atoms with Crippen LogP contribution in [0.4, 0.5) is 8.78 Å². The summed E-state index contributed by atoms with van der Waals surface area (Å²) in [5.41, 5.74) is 4.97. The minimum Gasteiger partial charge on any atom is -0.484 e. The van der Waals surface area contributed by atoms with Crippen LogP contribution >= 0.6 is 0 Å². The van der Waals surface area contributed by atoms with Crippen molar-refractivity contribution >= 4 is 0 Å². The van der Waals surface area contributed by atoms with Crippen molar-refractivity contribution in [2.24, 2.45) is 5.73 Å². The molecule has 102 valence electrons. The van der Waals surface area contributed by atoms with E-state index >= 15 is 0 Å². The molecule has 0 amide bonds. The van der Waals surface area contributed by atoms with Gasteiger partial charge in [-0.3, -0.25) is 0 Å². The van der Waals surface area contributed by atoms with E-state index in [0.29, 0.717) is 5.56 Å². The van der Waals surface area contributed by atoms with Crippen molar-refractivity contribution in [3.63, 3.8) is 0 Å². The van der Waals surface area contributed by atoms with Crippen molar-refractivity contribution in [2.45, 2.75) is 5.54 Å². The van der Waals surface area contributed by atoms with Gasteiger partial charge in [-0.15, -0.1) is 0 Å². The Balaban J connectivity index is 2.23. The van der Waals surface area contributed by atoms with Crippen molar-refractivity contribution in [1.82, 2.24) is 0 Å². The first kappa shape index (κ1) is 14.0. The van der Waals surface area contributed by atoms with E-state index in [1.165, 1.54) is 6.07 Å². The lowest BCUT2D eigenvalue weighted by Gasteiger charge is -2.22. The number of hydrogen-bond donors (Lipinski definition) is 1. The molecule has 2 aromatic rings. The molecular weight excluding hydrogens is 262 g/mol. The van der Waals surface area contributed by atoms with E-state index in [-0.39, 0.29) is 6.61 Å². The smallest absolute Gasteiger partial charge is 0.190 e. The second kappa shape index (κ2) is 5.68. The van der Waals surface area contributed by atoms with Gasteiger partial charge in [0.15, 0.2) is 22.9 Å². The fraction of sp³-hybridized carbons (Fsp3) is 0.133. The van der Waals surface area contributed by atoms with Crippen LogP contribution in [-0.2, 0) is 5.54 Å². The first-order valence-electron chi connectivity index (χ1n) is 5.89. The Morgan fingerprint density at radius 2 is 1.65 bits per heavy atom. The van der Waals surface area contributed by atoms with Gasteiger partial charge in [-0.1, -0.05) is 36.4 Å². The van der Waals surface area contributed by atoms with Gasteiger partial charge in [-0.05, 0) is 17.7 Å². The molecule has 0 saturated carbocycles. The summed E-state index contributed by atoms with van der Waals surface area (Å²) in [6.45, 7) is -0.356. The number of ether oxygens (including phenoxy) is 1. The molecule has 2 rings (SSSR count). The first-order chi connectivity index (χ1) is 9.57. The largest absolute Gasteiger partial charge is 0.484 e. The Kier molecular flexibility index (Phi) is 3.97. The van der Waals surface area contributed by atoms with Gasteiger partial charge in [0.2, 0.25) is 0 Å². The monoisotopic (exact) mass is 274 g/mol. The number of rotatable bonds is 4. The Hall–Kier alpha value is -2.45. The Morgan fingerprint density at radius 3 is 2.20 bits per heavy atom. The van der Waals surface area contributed by atoms with Crippen LogP contribution in [-0.4, -0.2) is 6.61 Å². The number of nitriles is 1. The third kappa shape index (κ3) is 2.76. The van der Waals surface area contributed by atoms with Gasteiger partial charge in [0.05, 0.1) is 6.07 Å². The summed E-state index contributed by atoms with van der Waals surface area (Å²) in [6.07, 6.45) is 0. The number of nitrogens with two attached hydrogens (primary N) is 1. The lowest BCUT2D eigenvalue weighted by atomic mass is 9.94. The molecule has 0 fully saturated rings. The van der Waals surface area contributed by atoms with E-state index in [9.17, 15) is 14.0 Å². The van der Waals surface area contributed by atoms with E-state index < -0.39 is 22.9 Å². The fourth-order valence-corrected chi connectivity index (χ4v) is 1.72. The summed E-state index contributed by atoms with van der Waals surface area (Å²) in [6, 6.07) is 13.8. The molecule has 0 aliphatic rings. The average Bonchev–Trinajstić information content (AvgIpc) is 2.47. The van der Waals surface area contributed by atoms with Crippen LogP contribution in [0.25, 0.3) is 0 Å². The third-order valence-corrected chi connectivity index (χ3v) is 2.85. The van der Waals surface area contributed by atoms with Crippen LogP contribution in [0.2, 0.25) is 0 Å². The molecule has 0 heterocycles. The molecule has 0 bridgehead atoms. The minimum atomic E-state index is -1.48. The second-order valence-corrected chi connectivity index (χ2v) is 4.29. The summed E-state index contributed by atoms with van der Waals surface area (Å²) in [5.74, 6) is -2.20.